The Kier molecular flexibility index (Phi) is 4.72. The van der Waals surface area contributed by atoms with Crippen molar-refractivity contribution >= 4 is 0 Å². The number of aryl methyl sites for hydroxylation is 1. The van der Waals surface area contributed by atoms with Crippen molar-refractivity contribution in [2.45, 2.75) is 46.3 Å². The van der Waals surface area contributed by atoms with E-state index in [1.807, 2.05) is 4.68 Å². The van der Waals surface area contributed by atoms with Gasteiger partial charge < -0.3 is 5.32 Å². The molecule has 1 N–H and O–H groups in total. The van der Waals surface area contributed by atoms with Crippen LogP contribution in [-0.4, -0.2) is 45.3 Å². The predicted octanol–water partition coefficient (Wildman–Crippen LogP) is 1.12. The van der Waals surface area contributed by atoms with Gasteiger partial charge in [0, 0.05) is 32.2 Å². The van der Waals surface area contributed by atoms with E-state index in [0.29, 0.717) is 6.04 Å². The van der Waals surface area contributed by atoms with E-state index < -0.39 is 0 Å². The summed E-state index contributed by atoms with van der Waals surface area (Å²) >= 11 is 0. The van der Waals surface area contributed by atoms with E-state index in [9.17, 15) is 0 Å². The lowest BCUT2D eigenvalue weighted by atomic mass is 9.97. The van der Waals surface area contributed by atoms with Crippen molar-refractivity contribution in [3.05, 3.63) is 12.2 Å². The van der Waals surface area contributed by atoms with Gasteiger partial charge in [-0.2, -0.15) is 5.10 Å². The molecule has 0 aliphatic carbocycles. The Morgan fingerprint density at radius 2 is 2.33 bits per heavy atom. The summed E-state index contributed by atoms with van der Waals surface area (Å²) in [5, 5.41) is 7.86. The molecule has 5 nitrogen and oxygen atoms in total. The number of aromatic nitrogens is 3. The minimum Gasteiger partial charge on any atom is -0.311 e. The quantitative estimate of drug-likeness (QED) is 0.852. The first-order chi connectivity index (χ1) is 8.74. The molecule has 2 unspecified atom stereocenters. The first kappa shape index (κ1) is 13.5. The first-order valence-electron chi connectivity index (χ1n) is 7.07. The van der Waals surface area contributed by atoms with Gasteiger partial charge in [-0.15, -0.1) is 0 Å². The fourth-order valence-electron chi connectivity index (χ4n) is 2.53. The molecular formula is C13H25N5. The van der Waals surface area contributed by atoms with E-state index in [2.05, 4.69) is 41.1 Å². The van der Waals surface area contributed by atoms with E-state index >= 15 is 0 Å². The molecule has 1 saturated heterocycles. The van der Waals surface area contributed by atoms with Gasteiger partial charge in [-0.3, -0.25) is 4.90 Å². The number of hydrogen-bond acceptors (Lipinski definition) is 4. The van der Waals surface area contributed by atoms with Crippen LogP contribution in [0.5, 0.6) is 0 Å². The molecule has 0 saturated carbocycles. The highest BCUT2D eigenvalue weighted by atomic mass is 15.3. The fraction of sp³-hybridized carbons (Fsp3) is 0.846. The molecule has 0 spiro atoms. The first-order valence-corrected chi connectivity index (χ1v) is 7.07. The number of rotatable bonds is 5. The van der Waals surface area contributed by atoms with E-state index in [1.165, 1.54) is 6.42 Å². The highest BCUT2D eigenvalue weighted by Crippen LogP contribution is 2.13. The average molecular weight is 251 g/mol. The van der Waals surface area contributed by atoms with Crippen molar-refractivity contribution in [2.75, 3.05) is 19.6 Å². The van der Waals surface area contributed by atoms with Crippen LogP contribution in [0.2, 0.25) is 0 Å². The Labute approximate surface area is 110 Å². The van der Waals surface area contributed by atoms with Gasteiger partial charge in [-0.25, -0.2) is 9.67 Å². The molecule has 1 fully saturated rings. The topological polar surface area (TPSA) is 46.0 Å². The summed E-state index contributed by atoms with van der Waals surface area (Å²) in [5.74, 6) is 1.82. The lowest BCUT2D eigenvalue weighted by Crippen LogP contribution is -2.52. The van der Waals surface area contributed by atoms with Gasteiger partial charge in [0.15, 0.2) is 0 Å². The second kappa shape index (κ2) is 6.29. The van der Waals surface area contributed by atoms with Gasteiger partial charge in [-0.1, -0.05) is 20.3 Å². The van der Waals surface area contributed by atoms with Crippen LogP contribution in [0.15, 0.2) is 6.33 Å². The molecule has 2 atom stereocenters. The zero-order valence-corrected chi connectivity index (χ0v) is 11.8. The smallest absolute Gasteiger partial charge is 0.140 e. The average Bonchev–Trinajstić information content (AvgIpc) is 2.85. The summed E-state index contributed by atoms with van der Waals surface area (Å²) in [5.41, 5.74) is 0. The maximum absolute atomic E-state index is 4.36. The molecule has 1 aliphatic rings. The molecule has 1 aliphatic heterocycles. The van der Waals surface area contributed by atoms with Crippen LogP contribution in [-0.2, 0) is 13.1 Å². The van der Waals surface area contributed by atoms with Crippen LogP contribution in [0, 0.1) is 5.92 Å². The fourth-order valence-corrected chi connectivity index (χ4v) is 2.53. The largest absolute Gasteiger partial charge is 0.311 e. The molecule has 0 bridgehead atoms. The second-order valence-corrected chi connectivity index (χ2v) is 5.17. The van der Waals surface area contributed by atoms with Gasteiger partial charge in [0.1, 0.15) is 12.2 Å². The molecule has 2 rings (SSSR count). The van der Waals surface area contributed by atoms with Crippen molar-refractivity contribution < 1.29 is 0 Å². The number of nitrogens with one attached hydrogen (secondary N) is 1. The molecule has 18 heavy (non-hydrogen) atoms. The Morgan fingerprint density at radius 1 is 1.50 bits per heavy atom. The normalized spacial score (nSPS) is 23.2. The maximum Gasteiger partial charge on any atom is 0.140 e. The zero-order valence-electron chi connectivity index (χ0n) is 11.8. The third-order valence-electron chi connectivity index (χ3n) is 3.98. The van der Waals surface area contributed by atoms with E-state index in [0.717, 1.165) is 44.5 Å². The van der Waals surface area contributed by atoms with Gasteiger partial charge in [-0.05, 0) is 12.8 Å². The number of piperazine rings is 1. The lowest BCUT2D eigenvalue weighted by Gasteiger charge is -2.36. The van der Waals surface area contributed by atoms with Gasteiger partial charge in [0.2, 0.25) is 0 Å². The SMILES string of the molecule is CCC(C)C1CN(Cc2ncnn2CC)CCN1. The summed E-state index contributed by atoms with van der Waals surface area (Å²) in [6.07, 6.45) is 2.89. The molecule has 0 aromatic carbocycles. The summed E-state index contributed by atoms with van der Waals surface area (Å²) in [6, 6.07) is 0.613. The Hall–Kier alpha value is -0.940. The predicted molar refractivity (Wildman–Crippen MR) is 72.2 cm³/mol. The molecule has 102 valence electrons. The summed E-state index contributed by atoms with van der Waals surface area (Å²) < 4.78 is 1.99. The van der Waals surface area contributed by atoms with Gasteiger partial charge >= 0.3 is 0 Å². The Morgan fingerprint density at radius 3 is 3.06 bits per heavy atom. The van der Waals surface area contributed by atoms with Crippen molar-refractivity contribution in [1.29, 1.82) is 0 Å². The van der Waals surface area contributed by atoms with Crippen LogP contribution < -0.4 is 5.32 Å². The Balaban J connectivity index is 1.93. The van der Waals surface area contributed by atoms with Crippen LogP contribution >= 0.6 is 0 Å². The highest BCUT2D eigenvalue weighted by Gasteiger charge is 2.23. The second-order valence-electron chi connectivity index (χ2n) is 5.17. The summed E-state index contributed by atoms with van der Waals surface area (Å²) in [7, 11) is 0. The minimum atomic E-state index is 0.613. The van der Waals surface area contributed by atoms with Crippen LogP contribution in [0.3, 0.4) is 0 Å². The number of hydrogen-bond donors (Lipinski definition) is 1. The van der Waals surface area contributed by atoms with Crippen molar-refractivity contribution in [3.63, 3.8) is 0 Å². The van der Waals surface area contributed by atoms with E-state index in [-0.39, 0.29) is 0 Å². The van der Waals surface area contributed by atoms with Crippen molar-refractivity contribution in [3.8, 4) is 0 Å². The standard InChI is InChI=1S/C13H25N5/c1-4-11(3)12-8-17(7-6-14-12)9-13-15-10-16-18(13)5-2/h10-12,14H,4-9H2,1-3H3. The molecular weight excluding hydrogens is 226 g/mol. The molecule has 1 aromatic heterocycles. The molecule has 5 heteroatoms. The maximum atomic E-state index is 4.36. The molecule has 0 radical (unpaired) electrons. The molecule has 0 amide bonds. The van der Waals surface area contributed by atoms with Gasteiger partial charge in [0.25, 0.3) is 0 Å². The van der Waals surface area contributed by atoms with Crippen molar-refractivity contribution in [1.82, 2.24) is 25.0 Å². The minimum absolute atomic E-state index is 0.613. The molecule has 2 heterocycles. The van der Waals surface area contributed by atoms with Crippen LogP contribution in [0.4, 0.5) is 0 Å². The third-order valence-corrected chi connectivity index (χ3v) is 3.98. The third kappa shape index (κ3) is 3.09. The summed E-state index contributed by atoms with van der Waals surface area (Å²) in [4.78, 5) is 6.85. The molecule has 1 aromatic rings. The highest BCUT2D eigenvalue weighted by molar-refractivity contribution is 4.88. The van der Waals surface area contributed by atoms with Gasteiger partial charge in [0.05, 0.1) is 6.54 Å². The Bertz CT molecular complexity index is 362. The summed E-state index contributed by atoms with van der Waals surface area (Å²) in [6.45, 7) is 11.8. The van der Waals surface area contributed by atoms with Crippen LogP contribution in [0.25, 0.3) is 0 Å². The van der Waals surface area contributed by atoms with Crippen molar-refractivity contribution in [2.24, 2.45) is 5.92 Å². The zero-order chi connectivity index (χ0) is 13.0. The van der Waals surface area contributed by atoms with E-state index in [4.69, 9.17) is 0 Å². The van der Waals surface area contributed by atoms with E-state index in [1.54, 1.807) is 6.33 Å². The number of nitrogens with zero attached hydrogens (tertiary/aromatic N) is 4. The van der Waals surface area contributed by atoms with Crippen LogP contribution in [0.1, 0.15) is 33.0 Å². The monoisotopic (exact) mass is 251 g/mol. The lowest BCUT2D eigenvalue weighted by molar-refractivity contribution is 0.157.